The first kappa shape index (κ1) is 16.0. The lowest BCUT2D eigenvalue weighted by molar-refractivity contribution is 0.0953. The Hall–Kier alpha value is -2.34. The molecule has 0 fully saturated rings. The molecular formula is C16H18N2O3S. The minimum absolute atomic E-state index is 0.167. The second-order valence-corrected chi connectivity index (χ2v) is 6.43. The van der Waals surface area contributed by atoms with E-state index in [1.807, 2.05) is 6.92 Å². The van der Waals surface area contributed by atoms with Crippen LogP contribution in [0.4, 0.5) is 5.69 Å². The van der Waals surface area contributed by atoms with Crippen molar-refractivity contribution in [2.24, 2.45) is 0 Å². The topological polar surface area (TPSA) is 75.3 Å². The molecule has 0 aliphatic rings. The molecule has 22 heavy (non-hydrogen) atoms. The van der Waals surface area contributed by atoms with Gasteiger partial charge in [0.15, 0.2) is 0 Å². The van der Waals surface area contributed by atoms with Crippen molar-refractivity contribution in [2.75, 3.05) is 11.3 Å². The van der Waals surface area contributed by atoms with Gasteiger partial charge in [-0.2, -0.15) is 0 Å². The van der Waals surface area contributed by atoms with Gasteiger partial charge in [0.1, 0.15) is 0 Å². The maximum atomic E-state index is 12.2. The van der Waals surface area contributed by atoms with E-state index in [9.17, 15) is 13.2 Å². The van der Waals surface area contributed by atoms with E-state index in [0.717, 1.165) is 6.42 Å². The lowest BCUT2D eigenvalue weighted by atomic mass is 10.2. The molecule has 5 nitrogen and oxygen atoms in total. The summed E-state index contributed by atoms with van der Waals surface area (Å²) in [5.41, 5.74) is 0.909. The van der Waals surface area contributed by atoms with Crippen LogP contribution in [-0.2, 0) is 10.0 Å². The Morgan fingerprint density at radius 3 is 2.23 bits per heavy atom. The highest BCUT2D eigenvalue weighted by atomic mass is 32.2. The molecule has 0 spiro atoms. The zero-order chi connectivity index (χ0) is 16.0. The number of amides is 1. The summed E-state index contributed by atoms with van der Waals surface area (Å²) in [4.78, 5) is 12.0. The van der Waals surface area contributed by atoms with Crippen molar-refractivity contribution in [3.8, 4) is 0 Å². The smallest absolute Gasteiger partial charge is 0.261 e. The molecule has 2 aromatic rings. The lowest BCUT2D eigenvalue weighted by Gasteiger charge is -2.09. The fourth-order valence-electron chi connectivity index (χ4n) is 1.84. The molecule has 0 aliphatic carbocycles. The van der Waals surface area contributed by atoms with E-state index in [1.54, 1.807) is 42.5 Å². The third-order valence-corrected chi connectivity index (χ3v) is 4.39. The van der Waals surface area contributed by atoms with Gasteiger partial charge in [-0.05, 0) is 42.8 Å². The van der Waals surface area contributed by atoms with Crippen LogP contribution in [0.2, 0.25) is 0 Å². The highest BCUT2D eigenvalue weighted by Gasteiger charge is 2.13. The van der Waals surface area contributed by atoms with Crippen molar-refractivity contribution in [2.45, 2.75) is 18.2 Å². The molecule has 0 saturated carbocycles. The van der Waals surface area contributed by atoms with Crippen LogP contribution in [0.15, 0.2) is 59.5 Å². The fourth-order valence-corrected chi connectivity index (χ4v) is 2.92. The van der Waals surface area contributed by atoms with Gasteiger partial charge in [-0.3, -0.25) is 9.52 Å². The number of benzene rings is 2. The minimum atomic E-state index is -3.61. The number of hydrogen-bond donors (Lipinski definition) is 2. The normalized spacial score (nSPS) is 11.0. The van der Waals surface area contributed by atoms with E-state index in [-0.39, 0.29) is 10.8 Å². The molecule has 0 atom stereocenters. The second kappa shape index (κ2) is 7.09. The number of nitrogens with one attached hydrogen (secondary N) is 2. The fraction of sp³-hybridized carbons (Fsp3) is 0.188. The van der Waals surface area contributed by atoms with Gasteiger partial charge in [0, 0.05) is 17.8 Å². The van der Waals surface area contributed by atoms with Crippen molar-refractivity contribution >= 4 is 21.6 Å². The standard InChI is InChI=1S/C16H18N2O3S/c1-2-12-17-16(19)13-8-10-14(11-9-13)18-22(20,21)15-6-4-3-5-7-15/h3-11,18H,2,12H2,1H3,(H,17,19). The number of anilines is 1. The number of rotatable bonds is 6. The van der Waals surface area contributed by atoms with Crippen LogP contribution < -0.4 is 10.0 Å². The molecule has 0 unspecified atom stereocenters. The molecule has 0 saturated heterocycles. The maximum absolute atomic E-state index is 12.2. The highest BCUT2D eigenvalue weighted by Crippen LogP contribution is 2.16. The van der Waals surface area contributed by atoms with Crippen molar-refractivity contribution in [3.05, 3.63) is 60.2 Å². The summed E-state index contributed by atoms with van der Waals surface area (Å²) in [5.74, 6) is -0.167. The first-order valence-corrected chi connectivity index (χ1v) is 8.47. The summed E-state index contributed by atoms with van der Waals surface area (Å²) in [7, 11) is -3.61. The highest BCUT2D eigenvalue weighted by molar-refractivity contribution is 7.92. The monoisotopic (exact) mass is 318 g/mol. The largest absolute Gasteiger partial charge is 0.352 e. The van der Waals surface area contributed by atoms with E-state index in [2.05, 4.69) is 10.0 Å². The minimum Gasteiger partial charge on any atom is -0.352 e. The molecule has 1 amide bonds. The number of sulfonamides is 1. The molecule has 2 N–H and O–H groups in total. The lowest BCUT2D eigenvalue weighted by Crippen LogP contribution is -2.23. The van der Waals surface area contributed by atoms with Crippen molar-refractivity contribution in [1.29, 1.82) is 0 Å². The number of carbonyl (C=O) groups is 1. The van der Waals surface area contributed by atoms with Crippen molar-refractivity contribution in [1.82, 2.24) is 5.32 Å². The molecule has 116 valence electrons. The Morgan fingerprint density at radius 2 is 1.64 bits per heavy atom. The summed E-state index contributed by atoms with van der Waals surface area (Å²) in [5, 5.41) is 2.76. The molecule has 0 radical (unpaired) electrons. The Morgan fingerprint density at radius 1 is 1.00 bits per heavy atom. The van der Waals surface area contributed by atoms with Crippen LogP contribution in [0.5, 0.6) is 0 Å². The first-order chi connectivity index (χ1) is 10.5. The summed E-state index contributed by atoms with van der Waals surface area (Å²) in [6.07, 6.45) is 0.862. The quantitative estimate of drug-likeness (QED) is 0.859. The average molecular weight is 318 g/mol. The van der Waals surface area contributed by atoms with E-state index < -0.39 is 10.0 Å². The van der Waals surface area contributed by atoms with Crippen LogP contribution in [0, 0.1) is 0 Å². The van der Waals surface area contributed by atoms with Crippen molar-refractivity contribution < 1.29 is 13.2 Å². The van der Waals surface area contributed by atoms with Crippen molar-refractivity contribution in [3.63, 3.8) is 0 Å². The van der Waals surface area contributed by atoms with Gasteiger partial charge in [0.2, 0.25) is 0 Å². The third kappa shape index (κ3) is 4.08. The zero-order valence-corrected chi connectivity index (χ0v) is 13.1. The molecule has 0 heterocycles. The molecule has 0 bridgehead atoms. The van der Waals surface area contributed by atoms with Crippen LogP contribution in [0.1, 0.15) is 23.7 Å². The first-order valence-electron chi connectivity index (χ1n) is 6.99. The van der Waals surface area contributed by atoms with Gasteiger partial charge in [-0.1, -0.05) is 25.1 Å². The van der Waals surface area contributed by atoms with E-state index in [0.29, 0.717) is 17.8 Å². The SMILES string of the molecule is CCCNC(=O)c1ccc(NS(=O)(=O)c2ccccc2)cc1. The molecule has 0 aromatic heterocycles. The predicted octanol–water partition coefficient (Wildman–Crippen LogP) is 2.63. The Bertz CT molecular complexity index is 726. The van der Waals surface area contributed by atoms with Crippen LogP contribution >= 0.6 is 0 Å². The van der Waals surface area contributed by atoms with E-state index in [4.69, 9.17) is 0 Å². The molecule has 2 rings (SSSR count). The third-order valence-electron chi connectivity index (χ3n) is 2.99. The van der Waals surface area contributed by atoms with Gasteiger partial charge >= 0.3 is 0 Å². The predicted molar refractivity (Wildman–Crippen MR) is 86.3 cm³/mol. The summed E-state index contributed by atoms with van der Waals surface area (Å²) in [6, 6.07) is 14.4. The van der Waals surface area contributed by atoms with Gasteiger partial charge < -0.3 is 5.32 Å². The Kier molecular flexibility index (Phi) is 5.16. The Labute approximate surface area is 130 Å². The van der Waals surface area contributed by atoms with Gasteiger partial charge in [0.25, 0.3) is 15.9 Å². The molecule has 6 heteroatoms. The van der Waals surface area contributed by atoms with Gasteiger partial charge in [-0.15, -0.1) is 0 Å². The summed E-state index contributed by atoms with van der Waals surface area (Å²) < 4.78 is 26.8. The number of carbonyl (C=O) groups excluding carboxylic acids is 1. The van der Waals surface area contributed by atoms with Crippen LogP contribution in [-0.4, -0.2) is 20.9 Å². The van der Waals surface area contributed by atoms with Crippen LogP contribution in [0.25, 0.3) is 0 Å². The Balaban J connectivity index is 2.10. The second-order valence-electron chi connectivity index (χ2n) is 4.75. The average Bonchev–Trinajstić information content (AvgIpc) is 2.54. The van der Waals surface area contributed by atoms with E-state index >= 15 is 0 Å². The van der Waals surface area contributed by atoms with Crippen LogP contribution in [0.3, 0.4) is 0 Å². The zero-order valence-electron chi connectivity index (χ0n) is 12.2. The van der Waals surface area contributed by atoms with Gasteiger partial charge in [0.05, 0.1) is 4.90 Å². The molecule has 2 aromatic carbocycles. The van der Waals surface area contributed by atoms with Gasteiger partial charge in [-0.25, -0.2) is 8.42 Å². The summed E-state index contributed by atoms with van der Waals surface area (Å²) >= 11 is 0. The molecular weight excluding hydrogens is 300 g/mol. The molecule has 0 aliphatic heterocycles. The summed E-state index contributed by atoms with van der Waals surface area (Å²) in [6.45, 7) is 2.59. The number of hydrogen-bond acceptors (Lipinski definition) is 3. The van der Waals surface area contributed by atoms with E-state index in [1.165, 1.54) is 12.1 Å². The maximum Gasteiger partial charge on any atom is 0.261 e.